The molecule has 2 amide bonds. The minimum absolute atomic E-state index is 0.319. The smallest absolute Gasteiger partial charge is 0.260 e. The number of anilines is 1. The van der Waals surface area contributed by atoms with E-state index in [4.69, 9.17) is 10.5 Å². The van der Waals surface area contributed by atoms with Crippen LogP contribution in [0, 0.1) is 12.8 Å². The molecule has 26 heavy (non-hydrogen) atoms. The second-order valence-corrected chi connectivity index (χ2v) is 8.70. The van der Waals surface area contributed by atoms with Crippen molar-refractivity contribution in [3.63, 3.8) is 0 Å². The number of thiophene rings is 1. The van der Waals surface area contributed by atoms with Crippen molar-refractivity contribution in [2.45, 2.75) is 33.1 Å². The quantitative estimate of drug-likeness (QED) is 0.748. The fraction of sp³-hybridized carbons (Fsp3) is 0.368. The molecule has 3 N–H and O–H groups in total. The van der Waals surface area contributed by atoms with Gasteiger partial charge in [0.25, 0.3) is 11.8 Å². The number of aryl methyl sites for hydroxylation is 1. The number of carbonyl (C=O) groups excluding carboxylic acids is 2. The first-order valence-corrected chi connectivity index (χ1v) is 10.0. The van der Waals surface area contributed by atoms with Crippen LogP contribution in [0.3, 0.4) is 0 Å². The molecule has 0 aliphatic heterocycles. The number of nitrogens with one attached hydrogen (secondary N) is 1. The Kier molecular flexibility index (Phi) is 5.39. The zero-order valence-corrected chi connectivity index (χ0v) is 17.3. The van der Waals surface area contributed by atoms with E-state index in [9.17, 15) is 9.59 Å². The number of rotatable bonds is 4. The molecule has 7 heteroatoms. The van der Waals surface area contributed by atoms with Crippen LogP contribution in [-0.2, 0) is 12.8 Å². The monoisotopic (exact) mass is 436 g/mol. The van der Waals surface area contributed by atoms with Crippen molar-refractivity contribution < 1.29 is 14.3 Å². The maximum Gasteiger partial charge on any atom is 0.260 e. The van der Waals surface area contributed by atoms with Gasteiger partial charge in [0.15, 0.2) is 0 Å². The number of methoxy groups -OCH3 is 1. The van der Waals surface area contributed by atoms with E-state index in [0.717, 1.165) is 39.7 Å². The summed E-state index contributed by atoms with van der Waals surface area (Å²) in [7, 11) is 1.53. The van der Waals surface area contributed by atoms with Crippen molar-refractivity contribution in [1.82, 2.24) is 0 Å². The third kappa shape index (κ3) is 3.50. The van der Waals surface area contributed by atoms with Gasteiger partial charge in [-0.25, -0.2) is 0 Å². The SMILES string of the molecule is COc1c(C)cc(Br)cc1C(=O)Nc1sc2c(c1C(N)=O)CC[C@@H](C)C2. The second-order valence-electron chi connectivity index (χ2n) is 6.68. The molecule has 0 spiro atoms. The Morgan fingerprint density at radius 1 is 1.38 bits per heavy atom. The van der Waals surface area contributed by atoms with Crippen molar-refractivity contribution in [1.29, 1.82) is 0 Å². The molecule has 138 valence electrons. The Balaban J connectivity index is 2.00. The molecular formula is C19H21BrN2O3S. The maximum atomic E-state index is 12.9. The Morgan fingerprint density at radius 2 is 2.12 bits per heavy atom. The summed E-state index contributed by atoms with van der Waals surface area (Å²) in [6.07, 6.45) is 2.76. The van der Waals surface area contributed by atoms with Crippen LogP contribution >= 0.6 is 27.3 Å². The summed E-state index contributed by atoms with van der Waals surface area (Å²) >= 11 is 4.87. The summed E-state index contributed by atoms with van der Waals surface area (Å²) < 4.78 is 6.18. The van der Waals surface area contributed by atoms with Gasteiger partial charge in [0.1, 0.15) is 10.8 Å². The largest absolute Gasteiger partial charge is 0.496 e. The molecule has 1 atom stereocenters. The molecule has 0 radical (unpaired) electrons. The molecule has 0 saturated carbocycles. The number of nitrogens with two attached hydrogens (primary N) is 1. The number of ether oxygens (including phenoxy) is 1. The molecule has 0 fully saturated rings. The van der Waals surface area contributed by atoms with Crippen LogP contribution in [0.25, 0.3) is 0 Å². The second kappa shape index (κ2) is 7.40. The third-order valence-corrected chi connectivity index (χ3v) is 6.30. The van der Waals surface area contributed by atoms with E-state index in [2.05, 4.69) is 28.2 Å². The lowest BCUT2D eigenvalue weighted by molar-refractivity contribution is 0.1000. The van der Waals surface area contributed by atoms with Gasteiger partial charge in [-0.3, -0.25) is 9.59 Å². The number of primary amides is 1. The number of carbonyl (C=O) groups is 2. The molecule has 1 aromatic heterocycles. The topological polar surface area (TPSA) is 81.4 Å². The Labute approximate surface area is 165 Å². The predicted molar refractivity (Wildman–Crippen MR) is 107 cm³/mol. The van der Waals surface area contributed by atoms with E-state index in [-0.39, 0.29) is 5.91 Å². The molecule has 1 aromatic carbocycles. The van der Waals surface area contributed by atoms with E-state index in [1.807, 2.05) is 13.0 Å². The minimum Gasteiger partial charge on any atom is -0.496 e. The summed E-state index contributed by atoms with van der Waals surface area (Å²) in [5.41, 5.74) is 8.33. The van der Waals surface area contributed by atoms with Crippen molar-refractivity contribution in [3.8, 4) is 5.75 Å². The van der Waals surface area contributed by atoms with E-state index in [1.165, 1.54) is 18.4 Å². The Hall–Kier alpha value is -1.86. The van der Waals surface area contributed by atoms with Crippen molar-refractivity contribution in [2.75, 3.05) is 12.4 Å². The van der Waals surface area contributed by atoms with Gasteiger partial charge in [-0.2, -0.15) is 0 Å². The predicted octanol–water partition coefficient (Wildman–Crippen LogP) is 4.30. The molecule has 0 unspecified atom stereocenters. The summed E-state index contributed by atoms with van der Waals surface area (Å²) in [5, 5.41) is 3.42. The zero-order chi connectivity index (χ0) is 19.0. The third-order valence-electron chi connectivity index (χ3n) is 4.67. The molecule has 2 aromatic rings. The van der Waals surface area contributed by atoms with Crippen LogP contribution in [0.15, 0.2) is 16.6 Å². The molecule has 5 nitrogen and oxygen atoms in total. The van der Waals surface area contributed by atoms with Gasteiger partial charge in [0, 0.05) is 9.35 Å². The van der Waals surface area contributed by atoms with Gasteiger partial charge in [0.05, 0.1) is 18.2 Å². The van der Waals surface area contributed by atoms with Gasteiger partial charge in [-0.15, -0.1) is 11.3 Å². The number of benzene rings is 1. The zero-order valence-electron chi connectivity index (χ0n) is 14.9. The van der Waals surface area contributed by atoms with Gasteiger partial charge < -0.3 is 15.8 Å². The van der Waals surface area contributed by atoms with Crippen molar-refractivity contribution in [2.24, 2.45) is 11.7 Å². The molecule has 0 bridgehead atoms. The average molecular weight is 437 g/mol. The number of halogens is 1. The summed E-state index contributed by atoms with van der Waals surface area (Å²) in [4.78, 5) is 26.1. The first-order chi connectivity index (χ1) is 12.3. The van der Waals surface area contributed by atoms with Crippen LogP contribution in [0.5, 0.6) is 5.75 Å². The lowest BCUT2D eigenvalue weighted by atomic mass is 9.88. The van der Waals surface area contributed by atoms with Gasteiger partial charge in [-0.05, 0) is 55.4 Å². The fourth-order valence-electron chi connectivity index (χ4n) is 3.44. The number of hydrogen-bond acceptors (Lipinski definition) is 4. The molecular weight excluding hydrogens is 416 g/mol. The molecule has 1 aliphatic carbocycles. The van der Waals surface area contributed by atoms with Gasteiger partial charge >= 0.3 is 0 Å². The van der Waals surface area contributed by atoms with Gasteiger partial charge in [0.2, 0.25) is 0 Å². The minimum atomic E-state index is -0.496. The highest BCUT2D eigenvalue weighted by Crippen LogP contribution is 2.40. The lowest BCUT2D eigenvalue weighted by Gasteiger charge is -2.18. The van der Waals surface area contributed by atoms with Crippen LogP contribution < -0.4 is 15.8 Å². The van der Waals surface area contributed by atoms with E-state index in [1.54, 1.807) is 6.07 Å². The summed E-state index contributed by atoms with van der Waals surface area (Å²) in [6.45, 7) is 4.07. The normalized spacial score (nSPS) is 16.1. The van der Waals surface area contributed by atoms with E-state index >= 15 is 0 Å². The van der Waals surface area contributed by atoms with E-state index < -0.39 is 5.91 Å². The number of amides is 2. The molecule has 1 aliphatic rings. The average Bonchev–Trinajstić information content (AvgIpc) is 2.91. The van der Waals surface area contributed by atoms with E-state index in [0.29, 0.717) is 27.8 Å². The first kappa shape index (κ1) is 18.9. The van der Waals surface area contributed by atoms with Crippen LogP contribution in [0.4, 0.5) is 5.00 Å². The molecule has 3 rings (SSSR count). The van der Waals surface area contributed by atoms with Gasteiger partial charge in [-0.1, -0.05) is 22.9 Å². The van der Waals surface area contributed by atoms with Crippen LogP contribution in [0.1, 0.15) is 50.1 Å². The van der Waals surface area contributed by atoms with Crippen molar-refractivity contribution in [3.05, 3.63) is 43.7 Å². The standard InChI is InChI=1S/C19H21BrN2O3S/c1-9-4-5-12-14(6-9)26-19(15(12)17(21)23)22-18(24)13-8-11(20)7-10(2)16(13)25-3/h7-9H,4-6H2,1-3H3,(H2,21,23)(H,22,24)/t9-/m1/s1. The summed E-state index contributed by atoms with van der Waals surface area (Å²) in [5.74, 6) is 0.268. The maximum absolute atomic E-state index is 12.9. The molecule has 1 heterocycles. The first-order valence-electron chi connectivity index (χ1n) is 8.41. The Bertz CT molecular complexity index is 891. The highest BCUT2D eigenvalue weighted by molar-refractivity contribution is 9.10. The highest BCUT2D eigenvalue weighted by Gasteiger charge is 2.28. The van der Waals surface area contributed by atoms with Crippen LogP contribution in [0.2, 0.25) is 0 Å². The number of hydrogen-bond donors (Lipinski definition) is 2. The number of fused-ring (bicyclic) bond motifs is 1. The van der Waals surface area contributed by atoms with Crippen molar-refractivity contribution >= 4 is 44.1 Å². The lowest BCUT2D eigenvalue weighted by Crippen LogP contribution is -2.19. The summed E-state index contributed by atoms with van der Waals surface area (Å²) in [6, 6.07) is 3.59. The highest BCUT2D eigenvalue weighted by atomic mass is 79.9. The van der Waals surface area contributed by atoms with Crippen LogP contribution in [-0.4, -0.2) is 18.9 Å². The molecule has 0 saturated heterocycles. The Morgan fingerprint density at radius 3 is 2.77 bits per heavy atom. The fourth-order valence-corrected chi connectivity index (χ4v) is 5.42.